The smallest absolute Gasteiger partial charge is 0.416 e. The number of alkyl halides is 3. The van der Waals surface area contributed by atoms with Gasteiger partial charge in [0.05, 0.1) is 17.2 Å². The molecule has 168 valence electrons. The van der Waals surface area contributed by atoms with E-state index in [0.717, 1.165) is 35.2 Å². The van der Waals surface area contributed by atoms with Crippen molar-refractivity contribution in [2.24, 2.45) is 0 Å². The van der Waals surface area contributed by atoms with Crippen LogP contribution in [-0.4, -0.2) is 21.9 Å². The minimum atomic E-state index is -4.70. The Bertz CT molecular complexity index is 1280. The van der Waals surface area contributed by atoms with E-state index in [9.17, 15) is 37.4 Å². The van der Waals surface area contributed by atoms with Gasteiger partial charge in [-0.25, -0.2) is 4.39 Å². The summed E-state index contributed by atoms with van der Waals surface area (Å²) >= 11 is 0. The summed E-state index contributed by atoms with van der Waals surface area (Å²) in [6, 6.07) is 12.4. The Labute approximate surface area is 184 Å². The SMILES string of the molecule is O=C1C(=O)N(c2cccc(C(F)(F)F)c2)C(c2cccc(O)c2)/C1=C(\O)c1ccc(F)cc1. The third-order valence-corrected chi connectivity index (χ3v) is 5.20. The average Bonchev–Trinajstić information content (AvgIpc) is 3.04. The quantitative estimate of drug-likeness (QED) is 0.246. The first-order valence-corrected chi connectivity index (χ1v) is 9.61. The number of benzene rings is 3. The summed E-state index contributed by atoms with van der Waals surface area (Å²) < 4.78 is 53.2. The van der Waals surface area contributed by atoms with Crippen LogP contribution in [0.25, 0.3) is 5.76 Å². The fourth-order valence-corrected chi connectivity index (χ4v) is 3.70. The lowest BCUT2D eigenvalue weighted by Crippen LogP contribution is -2.29. The number of amides is 1. The molecule has 1 amide bonds. The number of carbonyl (C=O) groups excluding carboxylic acids is 2. The van der Waals surface area contributed by atoms with Crippen LogP contribution in [0.3, 0.4) is 0 Å². The molecule has 2 N–H and O–H groups in total. The van der Waals surface area contributed by atoms with Gasteiger partial charge in [-0.1, -0.05) is 18.2 Å². The number of aromatic hydroxyl groups is 1. The Morgan fingerprint density at radius 2 is 1.58 bits per heavy atom. The highest BCUT2D eigenvalue weighted by Crippen LogP contribution is 2.43. The number of aliphatic hydroxyl groups excluding tert-OH is 1. The largest absolute Gasteiger partial charge is 0.508 e. The number of halogens is 4. The van der Waals surface area contributed by atoms with Gasteiger partial charge < -0.3 is 10.2 Å². The molecule has 4 rings (SSSR count). The van der Waals surface area contributed by atoms with Crippen LogP contribution in [0.2, 0.25) is 0 Å². The van der Waals surface area contributed by atoms with E-state index < -0.39 is 46.6 Å². The van der Waals surface area contributed by atoms with Crippen molar-refractivity contribution in [2.75, 3.05) is 4.90 Å². The van der Waals surface area contributed by atoms with Crippen molar-refractivity contribution in [3.8, 4) is 5.75 Å². The Hall–Kier alpha value is -4.14. The van der Waals surface area contributed by atoms with E-state index in [0.29, 0.717) is 0 Å². The molecule has 0 radical (unpaired) electrons. The molecule has 1 aliphatic rings. The fraction of sp³-hybridized carbons (Fsp3) is 0.0833. The molecule has 1 atom stereocenters. The van der Waals surface area contributed by atoms with Crippen molar-refractivity contribution in [3.63, 3.8) is 0 Å². The van der Waals surface area contributed by atoms with Gasteiger partial charge in [0.25, 0.3) is 11.7 Å². The number of nitrogens with zero attached hydrogens (tertiary/aromatic N) is 1. The van der Waals surface area contributed by atoms with Gasteiger partial charge in [0.15, 0.2) is 0 Å². The molecule has 1 aliphatic heterocycles. The molecular formula is C24H15F4NO4. The van der Waals surface area contributed by atoms with Gasteiger partial charge in [-0.15, -0.1) is 0 Å². The minimum Gasteiger partial charge on any atom is -0.508 e. The maximum Gasteiger partial charge on any atom is 0.416 e. The van der Waals surface area contributed by atoms with E-state index in [-0.39, 0.29) is 22.6 Å². The van der Waals surface area contributed by atoms with E-state index in [4.69, 9.17) is 0 Å². The van der Waals surface area contributed by atoms with Crippen LogP contribution in [0.4, 0.5) is 23.2 Å². The molecule has 33 heavy (non-hydrogen) atoms. The molecule has 0 saturated carbocycles. The first-order chi connectivity index (χ1) is 15.6. The number of hydrogen-bond donors (Lipinski definition) is 2. The van der Waals surface area contributed by atoms with Crippen molar-refractivity contribution in [3.05, 3.63) is 101 Å². The maximum absolute atomic E-state index is 13.3. The van der Waals surface area contributed by atoms with Gasteiger partial charge in [0, 0.05) is 11.3 Å². The lowest BCUT2D eigenvalue weighted by Gasteiger charge is -2.26. The molecule has 9 heteroatoms. The highest BCUT2D eigenvalue weighted by atomic mass is 19.4. The predicted octanol–water partition coefficient (Wildman–Crippen LogP) is 5.18. The van der Waals surface area contributed by atoms with Gasteiger partial charge in [0.2, 0.25) is 0 Å². The Morgan fingerprint density at radius 3 is 2.21 bits per heavy atom. The number of anilines is 1. The predicted molar refractivity (Wildman–Crippen MR) is 111 cm³/mol. The summed E-state index contributed by atoms with van der Waals surface area (Å²) in [5.74, 6) is -3.74. The van der Waals surface area contributed by atoms with Gasteiger partial charge in [-0.2, -0.15) is 13.2 Å². The summed E-state index contributed by atoms with van der Waals surface area (Å²) in [4.78, 5) is 26.8. The zero-order valence-corrected chi connectivity index (χ0v) is 16.7. The molecule has 1 fully saturated rings. The maximum atomic E-state index is 13.3. The Kier molecular flexibility index (Phi) is 5.41. The average molecular weight is 457 g/mol. The highest BCUT2D eigenvalue weighted by molar-refractivity contribution is 6.51. The normalized spacial score (nSPS) is 18.1. The monoisotopic (exact) mass is 457 g/mol. The molecule has 0 aliphatic carbocycles. The lowest BCUT2D eigenvalue weighted by atomic mass is 9.95. The molecule has 3 aromatic carbocycles. The number of carbonyl (C=O) groups is 2. The number of phenols is 1. The van der Waals surface area contributed by atoms with Crippen LogP contribution in [0.5, 0.6) is 5.75 Å². The van der Waals surface area contributed by atoms with Crippen LogP contribution < -0.4 is 4.90 Å². The number of phenolic OH excluding ortho intramolecular Hbond substituents is 1. The van der Waals surface area contributed by atoms with Gasteiger partial charge in [-0.05, 0) is 60.2 Å². The minimum absolute atomic E-state index is 0.0311. The standard InChI is InChI=1S/C24H15F4NO4/c25-16-9-7-13(8-10-16)21(31)19-20(14-3-1-6-18(30)11-14)29(23(33)22(19)32)17-5-2-4-15(12-17)24(26,27)28/h1-12,20,30-31H/b21-19+. The zero-order chi connectivity index (χ0) is 23.9. The van der Waals surface area contributed by atoms with Crippen molar-refractivity contribution < 1.29 is 37.4 Å². The molecule has 1 unspecified atom stereocenters. The molecule has 5 nitrogen and oxygen atoms in total. The van der Waals surface area contributed by atoms with Crippen molar-refractivity contribution in [2.45, 2.75) is 12.2 Å². The topological polar surface area (TPSA) is 77.8 Å². The summed E-state index contributed by atoms with van der Waals surface area (Å²) in [6.07, 6.45) is -4.70. The molecule has 1 saturated heterocycles. The fourth-order valence-electron chi connectivity index (χ4n) is 3.70. The summed E-state index contributed by atoms with van der Waals surface area (Å²) in [6.45, 7) is 0. The van der Waals surface area contributed by atoms with Gasteiger partial charge in [-0.3, -0.25) is 14.5 Å². The number of rotatable bonds is 3. The van der Waals surface area contributed by atoms with E-state index in [1.54, 1.807) is 0 Å². The molecule has 0 spiro atoms. The van der Waals surface area contributed by atoms with Crippen molar-refractivity contribution >= 4 is 23.1 Å². The van der Waals surface area contributed by atoms with Crippen LogP contribution in [0.15, 0.2) is 78.4 Å². The van der Waals surface area contributed by atoms with E-state index in [1.165, 1.54) is 42.5 Å². The van der Waals surface area contributed by atoms with Gasteiger partial charge in [0.1, 0.15) is 17.3 Å². The summed E-state index contributed by atoms with van der Waals surface area (Å²) in [7, 11) is 0. The van der Waals surface area contributed by atoms with Crippen LogP contribution >= 0.6 is 0 Å². The first kappa shape index (κ1) is 22.1. The molecule has 0 bridgehead atoms. The van der Waals surface area contributed by atoms with Crippen LogP contribution in [-0.2, 0) is 15.8 Å². The van der Waals surface area contributed by atoms with Crippen LogP contribution in [0.1, 0.15) is 22.7 Å². The second kappa shape index (κ2) is 8.09. The third-order valence-electron chi connectivity index (χ3n) is 5.20. The Morgan fingerprint density at radius 1 is 0.909 bits per heavy atom. The molecule has 0 aromatic heterocycles. The third kappa shape index (κ3) is 4.05. The number of Topliss-reactive ketones (excluding diaryl/α,β-unsaturated/α-hetero) is 1. The zero-order valence-electron chi connectivity index (χ0n) is 16.7. The second-order valence-corrected chi connectivity index (χ2v) is 7.32. The first-order valence-electron chi connectivity index (χ1n) is 9.61. The van der Waals surface area contributed by atoms with Crippen molar-refractivity contribution in [1.82, 2.24) is 0 Å². The molecule has 3 aromatic rings. The lowest BCUT2D eigenvalue weighted by molar-refractivity contribution is -0.137. The number of ketones is 1. The molecule has 1 heterocycles. The second-order valence-electron chi connectivity index (χ2n) is 7.32. The van der Waals surface area contributed by atoms with E-state index in [1.807, 2.05) is 0 Å². The van der Waals surface area contributed by atoms with Crippen LogP contribution in [0, 0.1) is 5.82 Å². The summed E-state index contributed by atoms with van der Waals surface area (Å²) in [5, 5.41) is 20.8. The summed E-state index contributed by atoms with van der Waals surface area (Å²) in [5.41, 5.74) is -1.46. The number of aliphatic hydroxyl groups is 1. The Balaban J connectivity index is 1.95. The molecular weight excluding hydrogens is 442 g/mol. The van der Waals surface area contributed by atoms with Crippen molar-refractivity contribution in [1.29, 1.82) is 0 Å². The highest BCUT2D eigenvalue weighted by Gasteiger charge is 2.47. The number of hydrogen-bond acceptors (Lipinski definition) is 4. The van der Waals surface area contributed by atoms with Gasteiger partial charge >= 0.3 is 6.18 Å². The van der Waals surface area contributed by atoms with E-state index in [2.05, 4.69) is 0 Å². The van der Waals surface area contributed by atoms with E-state index >= 15 is 0 Å².